The fraction of sp³-hybridized carbons (Fsp3) is 0.540. The average molecular weight is 886 g/mol. The third-order valence-corrected chi connectivity index (χ3v) is 16.2. The maximum absolute atomic E-state index is 16.4. The molecule has 0 bridgehead atoms. The number of aromatic amines is 1. The number of imide groups is 1. The molecule has 6 fully saturated rings. The van der Waals surface area contributed by atoms with E-state index in [4.69, 9.17) is 4.74 Å². The van der Waals surface area contributed by atoms with Crippen molar-refractivity contribution in [3.05, 3.63) is 77.2 Å². The Morgan fingerprint density at radius 3 is 2.17 bits per heavy atom. The molecule has 4 amide bonds. The highest BCUT2D eigenvalue weighted by Crippen LogP contribution is 2.62. The number of H-pyrrole nitrogens is 1. The third kappa shape index (κ3) is 7.52. The van der Waals surface area contributed by atoms with Crippen LogP contribution in [0.15, 0.2) is 54.7 Å². The Bertz CT molecular complexity index is 2500. The summed E-state index contributed by atoms with van der Waals surface area (Å²) in [7, 11) is 1.66. The van der Waals surface area contributed by atoms with Crippen molar-refractivity contribution in [3.63, 3.8) is 0 Å². The number of methoxy groups -OCH3 is 1. The van der Waals surface area contributed by atoms with Gasteiger partial charge in [-0.15, -0.1) is 0 Å². The fourth-order valence-corrected chi connectivity index (χ4v) is 12.6. The number of rotatable bonds is 10. The maximum Gasteiger partial charge on any atom is 0.255 e. The van der Waals surface area contributed by atoms with Crippen LogP contribution < -0.4 is 24.8 Å². The smallest absolute Gasteiger partial charge is 0.255 e. The van der Waals surface area contributed by atoms with Gasteiger partial charge in [0.05, 0.1) is 41.7 Å². The van der Waals surface area contributed by atoms with Gasteiger partial charge in [0, 0.05) is 107 Å². The van der Waals surface area contributed by atoms with Crippen LogP contribution in [0.1, 0.15) is 91.7 Å². The Morgan fingerprint density at radius 1 is 0.800 bits per heavy atom. The molecule has 11 rings (SSSR count). The van der Waals surface area contributed by atoms with Gasteiger partial charge in [-0.05, 0) is 98.7 Å². The molecule has 2 atom stereocenters. The number of carbonyl (C=O) groups excluding carboxylic acids is 4. The predicted octanol–water partition coefficient (Wildman–Crippen LogP) is 5.87. The number of carbonyl (C=O) groups is 4. The number of fused-ring (bicyclic) bond motifs is 2. The number of amides is 4. The molecule has 15 heteroatoms. The van der Waals surface area contributed by atoms with E-state index >= 15 is 4.39 Å². The Hall–Kier alpha value is -5.54. The van der Waals surface area contributed by atoms with E-state index in [1.165, 1.54) is 0 Å². The summed E-state index contributed by atoms with van der Waals surface area (Å²) < 4.78 is 22.5. The lowest BCUT2D eigenvalue weighted by molar-refractivity contribution is -0.140. The molecule has 1 spiro atoms. The monoisotopic (exact) mass is 885 g/mol. The van der Waals surface area contributed by atoms with E-state index in [0.717, 1.165) is 150 Å². The molecular formula is C50H60FN9O5. The molecule has 3 aromatic carbocycles. The normalized spacial score (nSPS) is 24.6. The molecule has 7 heterocycles. The molecule has 0 radical (unpaired) electrons. The van der Waals surface area contributed by atoms with Crippen LogP contribution in [0.5, 0.6) is 5.75 Å². The van der Waals surface area contributed by atoms with Crippen molar-refractivity contribution in [2.24, 2.45) is 17.3 Å². The maximum atomic E-state index is 16.4. The van der Waals surface area contributed by atoms with E-state index < -0.39 is 11.5 Å². The number of piperazine rings is 1. The predicted molar refractivity (Wildman–Crippen MR) is 245 cm³/mol. The molecular weight excluding hydrogens is 826 g/mol. The number of hydrogen-bond acceptors (Lipinski definition) is 10. The second-order valence-electron chi connectivity index (χ2n) is 19.8. The third-order valence-electron chi connectivity index (χ3n) is 16.2. The summed E-state index contributed by atoms with van der Waals surface area (Å²) >= 11 is 0. The molecule has 2 N–H and O–H groups in total. The van der Waals surface area contributed by atoms with E-state index in [-0.39, 0.29) is 41.9 Å². The summed E-state index contributed by atoms with van der Waals surface area (Å²) in [6.45, 7) is 10.5. The summed E-state index contributed by atoms with van der Waals surface area (Å²) in [6.07, 6.45) is 10.3. The molecule has 1 aliphatic carbocycles. The number of β-lactam (4-membered cyclic amide) rings is 1. The molecule has 0 unspecified atom stereocenters. The topological polar surface area (TPSA) is 138 Å². The summed E-state index contributed by atoms with van der Waals surface area (Å²) in [5, 5.41) is 10.5. The van der Waals surface area contributed by atoms with Gasteiger partial charge in [0.25, 0.3) is 5.91 Å². The van der Waals surface area contributed by atoms with Crippen molar-refractivity contribution in [1.29, 1.82) is 0 Å². The quantitative estimate of drug-likeness (QED) is 0.147. The van der Waals surface area contributed by atoms with Gasteiger partial charge in [0.1, 0.15) is 17.6 Å². The zero-order valence-corrected chi connectivity index (χ0v) is 37.4. The minimum Gasteiger partial charge on any atom is -0.496 e. The van der Waals surface area contributed by atoms with Crippen LogP contribution in [0, 0.1) is 23.1 Å². The summed E-state index contributed by atoms with van der Waals surface area (Å²) in [5.74, 6) is 0.949. The number of nitrogens with zero attached hydrogens (tertiary/aromatic N) is 7. The minimum atomic E-state index is -0.596. The summed E-state index contributed by atoms with van der Waals surface area (Å²) in [5.41, 5.74) is 5.20. The molecule has 65 heavy (non-hydrogen) atoms. The van der Waals surface area contributed by atoms with Crippen LogP contribution >= 0.6 is 0 Å². The zero-order chi connectivity index (χ0) is 44.4. The Labute approximate surface area is 379 Å². The number of benzene rings is 3. The number of piperidine rings is 3. The molecule has 4 aromatic rings. The minimum absolute atomic E-state index is 0.110. The van der Waals surface area contributed by atoms with E-state index in [1.807, 2.05) is 41.3 Å². The summed E-state index contributed by atoms with van der Waals surface area (Å²) in [6, 6.07) is 14.6. The largest absolute Gasteiger partial charge is 0.496 e. The SMILES string of the molecule is COc1cc(N2CCC(CN3CCN(CC4CCN(c5ccc6c(c5)CN([C@H]5CCC(=O)NC5=O)C6=O)CC4)CC3)CC2)c(F)cc1[C@@H]1N(c2cccc3[nH]ncc23)C(=O)C12CCCC2. The molecule has 5 saturated heterocycles. The van der Waals surface area contributed by atoms with Gasteiger partial charge in [0.15, 0.2) is 0 Å². The lowest BCUT2D eigenvalue weighted by Gasteiger charge is -2.55. The second-order valence-corrected chi connectivity index (χ2v) is 19.8. The van der Waals surface area contributed by atoms with Crippen LogP contribution in [0.3, 0.4) is 0 Å². The van der Waals surface area contributed by atoms with Crippen LogP contribution in [0.2, 0.25) is 0 Å². The van der Waals surface area contributed by atoms with Crippen LogP contribution in [-0.4, -0.2) is 127 Å². The lowest BCUT2D eigenvalue weighted by atomic mass is 9.66. The van der Waals surface area contributed by atoms with Gasteiger partial charge < -0.3 is 34.1 Å². The number of aromatic nitrogens is 2. The Morgan fingerprint density at radius 2 is 1.49 bits per heavy atom. The first-order chi connectivity index (χ1) is 31.7. The van der Waals surface area contributed by atoms with Gasteiger partial charge >= 0.3 is 0 Å². The second kappa shape index (κ2) is 17.0. The highest BCUT2D eigenvalue weighted by Gasteiger charge is 2.63. The van der Waals surface area contributed by atoms with Crippen LogP contribution in [0.25, 0.3) is 10.9 Å². The van der Waals surface area contributed by atoms with Crippen molar-refractivity contribution in [2.45, 2.75) is 82.8 Å². The van der Waals surface area contributed by atoms with Gasteiger partial charge in [-0.1, -0.05) is 18.9 Å². The van der Waals surface area contributed by atoms with Crippen molar-refractivity contribution in [1.82, 2.24) is 30.2 Å². The van der Waals surface area contributed by atoms with Crippen LogP contribution in [0.4, 0.5) is 21.5 Å². The van der Waals surface area contributed by atoms with E-state index in [9.17, 15) is 19.2 Å². The van der Waals surface area contributed by atoms with E-state index in [2.05, 4.69) is 41.2 Å². The number of hydrogen-bond donors (Lipinski definition) is 2. The first-order valence-corrected chi connectivity index (χ1v) is 24.0. The molecule has 14 nitrogen and oxygen atoms in total. The highest BCUT2D eigenvalue weighted by molar-refractivity contribution is 6.11. The van der Waals surface area contributed by atoms with Crippen LogP contribution in [-0.2, 0) is 20.9 Å². The molecule has 6 aliphatic heterocycles. The molecule has 7 aliphatic rings. The number of nitrogens with one attached hydrogen (secondary N) is 2. The summed E-state index contributed by atoms with van der Waals surface area (Å²) in [4.78, 5) is 64.8. The first kappa shape index (κ1) is 42.1. The lowest BCUT2D eigenvalue weighted by Crippen LogP contribution is -2.62. The molecule has 1 aromatic heterocycles. The zero-order valence-electron chi connectivity index (χ0n) is 37.4. The molecule has 1 saturated carbocycles. The Kier molecular flexibility index (Phi) is 11.0. The molecule has 342 valence electrons. The van der Waals surface area contributed by atoms with Gasteiger partial charge in [0.2, 0.25) is 17.7 Å². The number of halogens is 1. The van der Waals surface area contributed by atoms with Crippen molar-refractivity contribution in [3.8, 4) is 5.75 Å². The standard InChI is InChI=1S/C50H60FN9O5/c1-65-44-27-43(39(51)26-37(44)46-50(15-2-3-16-50)49(64)60(46)41-6-4-5-40-38(41)28-52-54-40)58-19-13-33(14-20-58)30-56-23-21-55(22-24-56)29-32-11-17-57(18-12-32)35-7-8-36-34(25-35)31-59(48(36)63)42-9-10-45(61)53-47(42)62/h4-8,25-28,32-33,42,46H,2-3,9-24,29-31H2,1H3,(H,52,54)(H,53,61,62)/t42-,46-/m0/s1. The number of anilines is 3. The van der Waals surface area contributed by atoms with Gasteiger partial charge in [-0.3, -0.25) is 29.6 Å². The Balaban J connectivity index is 0.652. The van der Waals surface area contributed by atoms with Crippen molar-refractivity contribution in [2.75, 3.05) is 87.3 Å². The first-order valence-electron chi connectivity index (χ1n) is 24.0. The van der Waals surface area contributed by atoms with E-state index in [1.54, 1.807) is 24.3 Å². The van der Waals surface area contributed by atoms with Gasteiger partial charge in [-0.25, -0.2) is 4.39 Å². The highest BCUT2D eigenvalue weighted by atomic mass is 19.1. The van der Waals surface area contributed by atoms with Crippen molar-refractivity contribution < 1.29 is 28.3 Å². The van der Waals surface area contributed by atoms with E-state index in [0.29, 0.717) is 41.8 Å². The van der Waals surface area contributed by atoms with Crippen molar-refractivity contribution >= 4 is 51.6 Å². The van der Waals surface area contributed by atoms with Gasteiger partial charge in [-0.2, -0.15) is 5.10 Å². The fourth-order valence-electron chi connectivity index (χ4n) is 12.6. The average Bonchev–Trinajstić information content (AvgIpc) is 4.10. The number of ether oxygens (including phenoxy) is 1.